The van der Waals surface area contributed by atoms with E-state index in [9.17, 15) is 9.18 Å². The second kappa shape index (κ2) is 5.96. The van der Waals surface area contributed by atoms with Crippen LogP contribution in [-0.2, 0) is 16.0 Å². The van der Waals surface area contributed by atoms with Gasteiger partial charge in [0.2, 0.25) is 0 Å². The number of rotatable bonds is 4. The van der Waals surface area contributed by atoms with E-state index >= 15 is 0 Å². The number of esters is 1. The summed E-state index contributed by atoms with van der Waals surface area (Å²) in [5, 5.41) is 0. The smallest absolute Gasteiger partial charge is 0.330 e. The molecule has 80 valence electrons. The Hall–Kier alpha value is -1.64. The van der Waals surface area contributed by atoms with Gasteiger partial charge in [0, 0.05) is 12.5 Å². The molecule has 0 aliphatic carbocycles. The summed E-state index contributed by atoms with van der Waals surface area (Å²) in [5.41, 5.74) is 0.902. The van der Waals surface area contributed by atoms with Gasteiger partial charge >= 0.3 is 5.97 Å². The fourth-order valence-corrected chi connectivity index (χ4v) is 1.16. The number of alkyl halides is 1. The fourth-order valence-electron chi connectivity index (χ4n) is 1.16. The largest absolute Gasteiger partial charge is 0.466 e. The number of allylic oxidation sites excluding steroid dienone is 1. The summed E-state index contributed by atoms with van der Waals surface area (Å²) in [5.74, 6) is -0.536. The van der Waals surface area contributed by atoms with Crippen LogP contribution in [0.3, 0.4) is 0 Å². The molecule has 1 atom stereocenters. The van der Waals surface area contributed by atoms with Crippen LogP contribution in [0.2, 0.25) is 0 Å². The number of methoxy groups -OCH3 is 1. The fraction of sp³-hybridized carbons (Fsp3) is 0.250. The molecule has 0 aromatic heterocycles. The summed E-state index contributed by atoms with van der Waals surface area (Å²) in [4.78, 5) is 10.7. The molecule has 1 aromatic carbocycles. The standard InChI is InChI=1S/C12H13FO2/c1-15-12(14)8-7-11(13)9-10-5-3-2-4-6-10/h2-8,11H,9H2,1H3/b8-7+/t11-/m1/s1. The Balaban J connectivity index is 2.46. The van der Waals surface area contributed by atoms with Gasteiger partial charge in [0.25, 0.3) is 0 Å². The highest BCUT2D eigenvalue weighted by molar-refractivity contribution is 5.81. The molecule has 15 heavy (non-hydrogen) atoms. The lowest BCUT2D eigenvalue weighted by Gasteiger charge is -2.02. The summed E-state index contributed by atoms with van der Waals surface area (Å²) >= 11 is 0. The molecule has 0 spiro atoms. The molecule has 0 aliphatic rings. The van der Waals surface area contributed by atoms with E-state index in [0.717, 1.165) is 11.6 Å². The van der Waals surface area contributed by atoms with Crippen LogP contribution in [0.5, 0.6) is 0 Å². The molecule has 0 bridgehead atoms. The minimum Gasteiger partial charge on any atom is -0.466 e. The Morgan fingerprint density at radius 1 is 1.47 bits per heavy atom. The van der Waals surface area contributed by atoms with E-state index in [2.05, 4.69) is 4.74 Å². The van der Waals surface area contributed by atoms with Crippen molar-refractivity contribution in [1.29, 1.82) is 0 Å². The highest BCUT2D eigenvalue weighted by Crippen LogP contribution is 2.06. The van der Waals surface area contributed by atoms with Gasteiger partial charge in [-0.2, -0.15) is 0 Å². The van der Waals surface area contributed by atoms with E-state index in [4.69, 9.17) is 0 Å². The first-order valence-corrected chi connectivity index (χ1v) is 4.66. The van der Waals surface area contributed by atoms with Crippen LogP contribution in [-0.4, -0.2) is 19.3 Å². The zero-order valence-corrected chi connectivity index (χ0v) is 8.52. The Bertz CT molecular complexity index is 333. The van der Waals surface area contributed by atoms with Crippen molar-refractivity contribution >= 4 is 5.97 Å². The molecule has 2 nitrogen and oxygen atoms in total. The van der Waals surface area contributed by atoms with Gasteiger partial charge in [0.1, 0.15) is 6.17 Å². The Kier molecular flexibility index (Phi) is 4.54. The van der Waals surface area contributed by atoms with Crippen molar-refractivity contribution in [3.63, 3.8) is 0 Å². The maximum absolute atomic E-state index is 13.3. The predicted octanol–water partition coefficient (Wildman–Crippen LogP) is 2.30. The Morgan fingerprint density at radius 3 is 2.73 bits per heavy atom. The SMILES string of the molecule is COC(=O)/C=C/[C@@H](F)Cc1ccccc1. The zero-order chi connectivity index (χ0) is 11.1. The van der Waals surface area contributed by atoms with Gasteiger partial charge in [-0.3, -0.25) is 0 Å². The topological polar surface area (TPSA) is 26.3 Å². The van der Waals surface area contributed by atoms with Crippen molar-refractivity contribution < 1.29 is 13.9 Å². The average Bonchev–Trinajstić information content (AvgIpc) is 2.27. The van der Waals surface area contributed by atoms with Crippen LogP contribution in [0.4, 0.5) is 4.39 Å². The third kappa shape index (κ3) is 4.40. The van der Waals surface area contributed by atoms with Gasteiger partial charge in [-0.05, 0) is 11.6 Å². The molecule has 0 saturated carbocycles. The lowest BCUT2D eigenvalue weighted by atomic mass is 10.1. The van der Waals surface area contributed by atoms with E-state index in [1.54, 1.807) is 0 Å². The lowest BCUT2D eigenvalue weighted by Crippen LogP contribution is -2.02. The summed E-state index contributed by atoms with van der Waals surface area (Å²) in [7, 11) is 1.26. The van der Waals surface area contributed by atoms with Gasteiger partial charge in [-0.15, -0.1) is 0 Å². The number of hydrogen-bond donors (Lipinski definition) is 0. The number of hydrogen-bond acceptors (Lipinski definition) is 2. The maximum Gasteiger partial charge on any atom is 0.330 e. The van der Waals surface area contributed by atoms with Crippen molar-refractivity contribution in [3.8, 4) is 0 Å². The van der Waals surface area contributed by atoms with E-state index in [-0.39, 0.29) is 6.42 Å². The zero-order valence-electron chi connectivity index (χ0n) is 8.52. The summed E-state index contributed by atoms with van der Waals surface area (Å²) in [6, 6.07) is 9.27. The minimum absolute atomic E-state index is 0.272. The molecule has 0 N–H and O–H groups in total. The van der Waals surface area contributed by atoms with Crippen LogP contribution in [0.15, 0.2) is 42.5 Å². The number of halogens is 1. The quantitative estimate of drug-likeness (QED) is 0.560. The van der Waals surface area contributed by atoms with Crippen molar-refractivity contribution in [1.82, 2.24) is 0 Å². The van der Waals surface area contributed by atoms with Gasteiger partial charge in [0.15, 0.2) is 0 Å². The second-order valence-electron chi connectivity index (χ2n) is 3.09. The summed E-state index contributed by atoms with van der Waals surface area (Å²) < 4.78 is 17.6. The van der Waals surface area contributed by atoms with Crippen LogP contribution >= 0.6 is 0 Å². The number of benzene rings is 1. The first-order chi connectivity index (χ1) is 7.22. The first kappa shape index (κ1) is 11.4. The van der Waals surface area contributed by atoms with Crippen LogP contribution in [0, 0.1) is 0 Å². The van der Waals surface area contributed by atoms with Crippen LogP contribution < -0.4 is 0 Å². The molecule has 0 unspecified atom stereocenters. The molecule has 1 rings (SSSR count). The highest BCUT2D eigenvalue weighted by Gasteiger charge is 2.03. The number of carbonyl (C=O) groups excluding carboxylic acids is 1. The Labute approximate surface area is 88.4 Å². The number of ether oxygens (including phenoxy) is 1. The molecule has 3 heteroatoms. The molecule has 0 amide bonds. The van der Waals surface area contributed by atoms with Gasteiger partial charge in [-0.1, -0.05) is 30.3 Å². The second-order valence-corrected chi connectivity index (χ2v) is 3.09. The minimum atomic E-state index is -1.16. The normalized spacial score (nSPS) is 12.7. The maximum atomic E-state index is 13.3. The number of carbonyl (C=O) groups is 1. The predicted molar refractivity (Wildman–Crippen MR) is 56.2 cm³/mol. The van der Waals surface area contributed by atoms with E-state index in [1.807, 2.05) is 30.3 Å². The third-order valence-corrected chi connectivity index (χ3v) is 1.92. The van der Waals surface area contributed by atoms with Crippen molar-refractivity contribution in [2.75, 3.05) is 7.11 Å². The van der Waals surface area contributed by atoms with E-state index in [0.29, 0.717) is 0 Å². The average molecular weight is 208 g/mol. The molecule has 0 heterocycles. The first-order valence-electron chi connectivity index (χ1n) is 4.66. The van der Waals surface area contributed by atoms with E-state index < -0.39 is 12.1 Å². The molecule has 0 fully saturated rings. The van der Waals surface area contributed by atoms with Crippen LogP contribution in [0.25, 0.3) is 0 Å². The summed E-state index contributed by atoms with van der Waals surface area (Å²) in [6.45, 7) is 0. The van der Waals surface area contributed by atoms with Gasteiger partial charge in [0.05, 0.1) is 7.11 Å². The molecular weight excluding hydrogens is 195 g/mol. The third-order valence-electron chi connectivity index (χ3n) is 1.92. The molecule has 0 radical (unpaired) electrons. The monoisotopic (exact) mass is 208 g/mol. The molecule has 0 saturated heterocycles. The highest BCUT2D eigenvalue weighted by atomic mass is 19.1. The van der Waals surface area contributed by atoms with Crippen molar-refractivity contribution in [3.05, 3.63) is 48.0 Å². The molecule has 1 aromatic rings. The van der Waals surface area contributed by atoms with E-state index in [1.165, 1.54) is 13.2 Å². The molecular formula is C12H13FO2. The van der Waals surface area contributed by atoms with Crippen LogP contribution in [0.1, 0.15) is 5.56 Å². The Morgan fingerprint density at radius 2 is 2.13 bits per heavy atom. The van der Waals surface area contributed by atoms with Gasteiger partial charge < -0.3 is 4.74 Å². The molecule has 0 aliphatic heterocycles. The van der Waals surface area contributed by atoms with Crippen molar-refractivity contribution in [2.24, 2.45) is 0 Å². The summed E-state index contributed by atoms with van der Waals surface area (Å²) in [6.07, 6.45) is 1.42. The van der Waals surface area contributed by atoms with Crippen molar-refractivity contribution in [2.45, 2.75) is 12.6 Å². The lowest BCUT2D eigenvalue weighted by molar-refractivity contribution is -0.134. The van der Waals surface area contributed by atoms with Gasteiger partial charge in [-0.25, -0.2) is 9.18 Å².